The molecular weight excluding hydrogens is 546 g/mol. The Hall–Kier alpha value is -3.64. The van der Waals surface area contributed by atoms with Gasteiger partial charge in [-0.25, -0.2) is 4.79 Å². The van der Waals surface area contributed by atoms with E-state index in [1.165, 1.54) is 25.7 Å². The van der Waals surface area contributed by atoms with E-state index in [9.17, 15) is 9.59 Å². The average molecular weight is 596 g/mol. The summed E-state index contributed by atoms with van der Waals surface area (Å²) in [4.78, 5) is 32.5. The summed E-state index contributed by atoms with van der Waals surface area (Å²) in [6, 6.07) is 32.2. The van der Waals surface area contributed by atoms with Crippen molar-refractivity contribution in [1.82, 2.24) is 14.7 Å². The average Bonchev–Trinajstić information content (AvgIpc) is 3.80. The standard InChI is InChI=1S/C32H43N3O3.C6H6/c1-33(31(36)28-10-6-3-7-11-28)30-15-14-25(22-30)16-19-34-20-17-29(18-21-34)35(23-26-12-13-26)32(37)38-24-27-8-4-2-5-9-27;1-2-4-6-5-3-1/h2-11,25-26,29-30H,12-24H2,1H3;1-6H/t25-,30?;/m0./s1. The predicted molar refractivity (Wildman–Crippen MR) is 176 cm³/mol. The van der Waals surface area contributed by atoms with E-state index in [2.05, 4.69) is 4.90 Å². The van der Waals surface area contributed by atoms with E-state index in [4.69, 9.17) is 4.74 Å². The van der Waals surface area contributed by atoms with Crippen molar-refractivity contribution in [2.75, 3.05) is 33.2 Å². The molecule has 1 unspecified atom stereocenters. The van der Waals surface area contributed by atoms with E-state index in [0.717, 1.165) is 63.0 Å². The quantitative estimate of drug-likeness (QED) is 0.243. The molecule has 0 bridgehead atoms. The third-order valence-electron chi connectivity index (χ3n) is 9.51. The van der Waals surface area contributed by atoms with E-state index < -0.39 is 0 Å². The Morgan fingerprint density at radius 1 is 0.727 bits per heavy atom. The Kier molecular flexibility index (Phi) is 11.9. The molecule has 1 saturated heterocycles. The molecule has 3 aromatic carbocycles. The number of hydrogen-bond donors (Lipinski definition) is 0. The van der Waals surface area contributed by atoms with Gasteiger partial charge in [0.2, 0.25) is 0 Å². The summed E-state index contributed by atoms with van der Waals surface area (Å²) in [7, 11) is 1.96. The summed E-state index contributed by atoms with van der Waals surface area (Å²) in [6.45, 7) is 4.38. The minimum atomic E-state index is -0.148. The minimum absolute atomic E-state index is 0.136. The summed E-state index contributed by atoms with van der Waals surface area (Å²) in [5.41, 5.74) is 1.81. The van der Waals surface area contributed by atoms with Crippen molar-refractivity contribution in [2.24, 2.45) is 11.8 Å². The van der Waals surface area contributed by atoms with Gasteiger partial charge in [0.15, 0.2) is 0 Å². The molecule has 2 amide bonds. The molecule has 0 N–H and O–H groups in total. The van der Waals surface area contributed by atoms with Gasteiger partial charge in [0.05, 0.1) is 0 Å². The molecule has 0 radical (unpaired) electrons. The van der Waals surface area contributed by atoms with Gasteiger partial charge in [-0.15, -0.1) is 0 Å². The third kappa shape index (κ3) is 9.68. The van der Waals surface area contributed by atoms with E-state index in [1.54, 1.807) is 0 Å². The zero-order chi connectivity index (χ0) is 30.6. The van der Waals surface area contributed by atoms with Crippen molar-refractivity contribution < 1.29 is 14.3 Å². The maximum Gasteiger partial charge on any atom is 0.410 e. The van der Waals surface area contributed by atoms with Crippen LogP contribution in [0.25, 0.3) is 0 Å². The van der Waals surface area contributed by atoms with Gasteiger partial charge in [0.1, 0.15) is 6.61 Å². The number of likely N-dealkylation sites (tertiary alicyclic amines) is 1. The lowest BCUT2D eigenvalue weighted by Crippen LogP contribution is -2.48. The molecule has 2 atom stereocenters. The van der Waals surface area contributed by atoms with Crippen LogP contribution in [-0.4, -0.2) is 72.0 Å². The molecule has 6 heteroatoms. The summed E-state index contributed by atoms with van der Waals surface area (Å²) in [5, 5.41) is 0. The number of rotatable bonds is 10. The van der Waals surface area contributed by atoms with Crippen molar-refractivity contribution in [3.8, 4) is 0 Å². The van der Waals surface area contributed by atoms with Gasteiger partial charge in [-0.1, -0.05) is 84.9 Å². The second kappa shape index (κ2) is 16.4. The smallest absolute Gasteiger partial charge is 0.410 e. The van der Waals surface area contributed by atoms with Gasteiger partial charge in [-0.05, 0) is 87.4 Å². The topological polar surface area (TPSA) is 53.1 Å². The second-order valence-electron chi connectivity index (χ2n) is 12.8. The van der Waals surface area contributed by atoms with Crippen LogP contribution < -0.4 is 0 Å². The number of ether oxygens (including phenoxy) is 1. The van der Waals surface area contributed by atoms with Crippen molar-refractivity contribution in [1.29, 1.82) is 0 Å². The fourth-order valence-electron chi connectivity index (χ4n) is 6.57. The highest BCUT2D eigenvalue weighted by Crippen LogP contribution is 2.34. The van der Waals surface area contributed by atoms with Crippen molar-refractivity contribution in [2.45, 2.75) is 70.1 Å². The predicted octanol–water partition coefficient (Wildman–Crippen LogP) is 7.52. The number of amides is 2. The Bertz CT molecular complexity index is 1230. The number of piperidine rings is 1. The van der Waals surface area contributed by atoms with Crippen LogP contribution in [0, 0.1) is 11.8 Å². The van der Waals surface area contributed by atoms with Gasteiger partial charge in [0.25, 0.3) is 5.91 Å². The molecule has 6 nitrogen and oxygen atoms in total. The van der Waals surface area contributed by atoms with Gasteiger partial charge in [0, 0.05) is 44.3 Å². The van der Waals surface area contributed by atoms with Crippen LogP contribution in [-0.2, 0) is 11.3 Å². The largest absolute Gasteiger partial charge is 0.445 e. The van der Waals surface area contributed by atoms with Crippen LogP contribution in [0.1, 0.15) is 67.3 Å². The van der Waals surface area contributed by atoms with Crippen LogP contribution in [0.15, 0.2) is 97.1 Å². The van der Waals surface area contributed by atoms with Crippen molar-refractivity contribution >= 4 is 12.0 Å². The fourth-order valence-corrected chi connectivity index (χ4v) is 6.57. The normalized spacial score (nSPS) is 20.3. The van der Waals surface area contributed by atoms with Crippen molar-refractivity contribution in [3.05, 3.63) is 108 Å². The molecule has 1 heterocycles. The molecular formula is C38H49N3O3. The second-order valence-corrected chi connectivity index (χ2v) is 12.8. The van der Waals surface area contributed by atoms with Gasteiger partial charge in [-0.2, -0.15) is 0 Å². The first-order chi connectivity index (χ1) is 21.6. The Morgan fingerprint density at radius 2 is 1.30 bits per heavy atom. The Labute approximate surface area is 264 Å². The molecule has 0 spiro atoms. The number of benzene rings is 3. The summed E-state index contributed by atoms with van der Waals surface area (Å²) in [5.74, 6) is 1.47. The molecule has 3 aromatic rings. The molecule has 3 aliphatic rings. The number of carbonyl (C=O) groups is 2. The number of carbonyl (C=O) groups excluding carboxylic acids is 2. The Morgan fingerprint density at radius 3 is 1.91 bits per heavy atom. The Balaban J connectivity index is 0.000000573. The van der Waals surface area contributed by atoms with E-state index >= 15 is 0 Å². The highest BCUT2D eigenvalue weighted by molar-refractivity contribution is 5.94. The first-order valence-corrected chi connectivity index (χ1v) is 16.6. The molecule has 44 heavy (non-hydrogen) atoms. The molecule has 1 aliphatic heterocycles. The molecule has 2 aliphatic carbocycles. The lowest BCUT2D eigenvalue weighted by atomic mass is 10.00. The lowest BCUT2D eigenvalue weighted by Gasteiger charge is -2.38. The first-order valence-electron chi connectivity index (χ1n) is 16.6. The van der Waals surface area contributed by atoms with Crippen LogP contribution in [0.4, 0.5) is 4.79 Å². The highest BCUT2D eigenvalue weighted by atomic mass is 16.6. The third-order valence-corrected chi connectivity index (χ3v) is 9.51. The fraction of sp³-hybridized carbons (Fsp3) is 0.474. The first kappa shape index (κ1) is 31.8. The number of hydrogen-bond acceptors (Lipinski definition) is 4. The van der Waals surface area contributed by atoms with Gasteiger partial charge in [-0.3, -0.25) is 4.79 Å². The van der Waals surface area contributed by atoms with Crippen LogP contribution in [0.5, 0.6) is 0 Å². The van der Waals surface area contributed by atoms with Crippen molar-refractivity contribution in [3.63, 3.8) is 0 Å². The SMILES string of the molecule is CN(C(=O)c1ccccc1)C1CC[C@@H](CCN2CCC(N(CC3CC3)C(=O)OCc3ccccc3)CC2)C1.c1ccccc1. The maximum atomic E-state index is 13.0. The van der Waals surface area contributed by atoms with Gasteiger partial charge >= 0.3 is 6.09 Å². The van der Waals surface area contributed by atoms with Crippen LogP contribution in [0.3, 0.4) is 0 Å². The van der Waals surface area contributed by atoms with E-state index in [0.29, 0.717) is 24.5 Å². The summed E-state index contributed by atoms with van der Waals surface area (Å²) < 4.78 is 5.73. The highest BCUT2D eigenvalue weighted by Gasteiger charge is 2.35. The zero-order valence-electron chi connectivity index (χ0n) is 26.3. The zero-order valence-corrected chi connectivity index (χ0v) is 26.3. The molecule has 234 valence electrons. The van der Waals surface area contributed by atoms with E-state index in [1.807, 2.05) is 114 Å². The monoisotopic (exact) mass is 595 g/mol. The van der Waals surface area contributed by atoms with Crippen LogP contribution in [0.2, 0.25) is 0 Å². The molecule has 0 aromatic heterocycles. The molecule has 2 saturated carbocycles. The van der Waals surface area contributed by atoms with Gasteiger partial charge < -0.3 is 19.4 Å². The van der Waals surface area contributed by atoms with E-state index in [-0.39, 0.29) is 18.0 Å². The summed E-state index contributed by atoms with van der Waals surface area (Å²) in [6.07, 6.45) is 8.96. The maximum absolute atomic E-state index is 13.0. The minimum Gasteiger partial charge on any atom is -0.445 e. The number of nitrogens with zero attached hydrogens (tertiary/aromatic N) is 3. The summed E-state index contributed by atoms with van der Waals surface area (Å²) >= 11 is 0. The molecule has 6 rings (SSSR count). The lowest BCUT2D eigenvalue weighted by molar-refractivity contribution is 0.0577. The van der Waals surface area contributed by atoms with Crippen LogP contribution >= 0.6 is 0 Å². The molecule has 3 fully saturated rings.